The molecular formula is C12H25N3O. The molecule has 0 bridgehead atoms. The molecule has 1 fully saturated rings. The molecule has 2 N–H and O–H groups in total. The lowest BCUT2D eigenvalue weighted by Crippen LogP contribution is -2.44. The minimum atomic E-state index is 0.214. The van der Waals surface area contributed by atoms with E-state index in [0.29, 0.717) is 12.3 Å². The quantitative estimate of drug-likeness (QED) is 0.592. The topological polar surface area (TPSA) is 44.4 Å². The molecule has 0 aliphatic carbocycles. The van der Waals surface area contributed by atoms with Gasteiger partial charge in [-0.2, -0.15) is 0 Å². The Bertz CT molecular complexity index is 200. The van der Waals surface area contributed by atoms with Crippen molar-refractivity contribution in [3.63, 3.8) is 0 Å². The molecule has 0 radical (unpaired) electrons. The van der Waals surface area contributed by atoms with E-state index in [-0.39, 0.29) is 5.91 Å². The van der Waals surface area contributed by atoms with E-state index in [9.17, 15) is 4.79 Å². The van der Waals surface area contributed by atoms with Crippen LogP contribution in [0, 0.1) is 5.92 Å². The van der Waals surface area contributed by atoms with Crippen LogP contribution in [-0.4, -0.2) is 50.1 Å². The maximum atomic E-state index is 11.5. The van der Waals surface area contributed by atoms with Gasteiger partial charge < -0.3 is 15.5 Å². The van der Waals surface area contributed by atoms with E-state index in [2.05, 4.69) is 29.4 Å². The molecule has 0 aromatic heterocycles. The summed E-state index contributed by atoms with van der Waals surface area (Å²) in [4.78, 5) is 13.9. The zero-order valence-corrected chi connectivity index (χ0v) is 10.6. The standard InChI is InChI=1S/C12H25N3O/c1-3-15(4-2)7-5-6-14-12(16)8-11-9-13-10-11/h11,13H,3-10H2,1-2H3,(H,14,16). The first-order valence-corrected chi connectivity index (χ1v) is 6.46. The second-order valence-corrected chi connectivity index (χ2v) is 4.46. The molecule has 1 rings (SSSR count). The Hall–Kier alpha value is -0.610. The largest absolute Gasteiger partial charge is 0.356 e. The van der Waals surface area contributed by atoms with Gasteiger partial charge in [-0.05, 0) is 45.1 Å². The molecule has 0 saturated carbocycles. The van der Waals surface area contributed by atoms with Crippen LogP contribution in [0.15, 0.2) is 0 Å². The molecule has 0 aromatic carbocycles. The van der Waals surface area contributed by atoms with Crippen LogP contribution in [0.3, 0.4) is 0 Å². The third kappa shape index (κ3) is 4.94. The molecule has 1 aliphatic rings. The summed E-state index contributed by atoms with van der Waals surface area (Å²) in [7, 11) is 0. The summed E-state index contributed by atoms with van der Waals surface area (Å²) in [6.07, 6.45) is 1.74. The number of hydrogen-bond donors (Lipinski definition) is 2. The lowest BCUT2D eigenvalue weighted by atomic mass is 9.99. The van der Waals surface area contributed by atoms with Gasteiger partial charge in [0.25, 0.3) is 0 Å². The Morgan fingerprint density at radius 3 is 2.56 bits per heavy atom. The number of nitrogens with one attached hydrogen (secondary N) is 2. The van der Waals surface area contributed by atoms with Crippen LogP contribution in [0.4, 0.5) is 0 Å². The van der Waals surface area contributed by atoms with Crippen LogP contribution >= 0.6 is 0 Å². The summed E-state index contributed by atoms with van der Waals surface area (Å²) in [5, 5.41) is 6.17. The third-order valence-electron chi connectivity index (χ3n) is 3.21. The lowest BCUT2D eigenvalue weighted by Gasteiger charge is -2.26. The zero-order chi connectivity index (χ0) is 11.8. The molecule has 1 heterocycles. The molecule has 1 amide bonds. The minimum Gasteiger partial charge on any atom is -0.356 e. The number of nitrogens with zero attached hydrogens (tertiary/aromatic N) is 1. The predicted octanol–water partition coefficient (Wildman–Crippen LogP) is 0.444. The first-order valence-electron chi connectivity index (χ1n) is 6.46. The van der Waals surface area contributed by atoms with Gasteiger partial charge >= 0.3 is 0 Å². The Labute approximate surface area is 98.8 Å². The lowest BCUT2D eigenvalue weighted by molar-refractivity contribution is -0.122. The summed E-state index contributed by atoms with van der Waals surface area (Å²) >= 11 is 0. The van der Waals surface area contributed by atoms with E-state index in [0.717, 1.165) is 45.7 Å². The van der Waals surface area contributed by atoms with E-state index in [1.165, 1.54) is 0 Å². The second-order valence-electron chi connectivity index (χ2n) is 4.46. The fourth-order valence-electron chi connectivity index (χ4n) is 1.90. The average molecular weight is 227 g/mol. The summed E-state index contributed by atoms with van der Waals surface area (Å²) in [5.41, 5.74) is 0. The molecule has 0 spiro atoms. The fraction of sp³-hybridized carbons (Fsp3) is 0.917. The molecule has 0 unspecified atom stereocenters. The summed E-state index contributed by atoms with van der Waals surface area (Å²) in [6.45, 7) is 10.4. The maximum absolute atomic E-state index is 11.5. The van der Waals surface area contributed by atoms with Crippen LogP contribution in [0.1, 0.15) is 26.7 Å². The smallest absolute Gasteiger partial charge is 0.220 e. The van der Waals surface area contributed by atoms with Crippen LogP contribution in [-0.2, 0) is 4.79 Å². The van der Waals surface area contributed by atoms with Gasteiger partial charge in [-0.1, -0.05) is 13.8 Å². The van der Waals surface area contributed by atoms with Crippen molar-refractivity contribution in [2.75, 3.05) is 39.3 Å². The highest BCUT2D eigenvalue weighted by molar-refractivity contribution is 5.76. The van der Waals surface area contributed by atoms with Crippen molar-refractivity contribution in [1.29, 1.82) is 0 Å². The highest BCUT2D eigenvalue weighted by Gasteiger charge is 2.19. The molecule has 1 aliphatic heterocycles. The van der Waals surface area contributed by atoms with Crippen LogP contribution in [0.25, 0.3) is 0 Å². The number of carbonyl (C=O) groups excluding carboxylic acids is 1. The molecule has 0 atom stereocenters. The number of amides is 1. The Morgan fingerprint density at radius 1 is 1.38 bits per heavy atom. The van der Waals surface area contributed by atoms with E-state index in [4.69, 9.17) is 0 Å². The van der Waals surface area contributed by atoms with Gasteiger partial charge in [0.2, 0.25) is 5.91 Å². The number of hydrogen-bond acceptors (Lipinski definition) is 3. The Kier molecular flexibility index (Phi) is 6.42. The molecular weight excluding hydrogens is 202 g/mol. The summed E-state index contributed by atoms with van der Waals surface area (Å²) in [5.74, 6) is 0.786. The normalized spacial score (nSPS) is 16.2. The van der Waals surface area contributed by atoms with Crippen molar-refractivity contribution in [3.8, 4) is 0 Å². The average Bonchev–Trinajstić information content (AvgIpc) is 2.24. The first-order chi connectivity index (χ1) is 7.76. The van der Waals surface area contributed by atoms with Crippen molar-refractivity contribution in [1.82, 2.24) is 15.5 Å². The molecule has 4 heteroatoms. The van der Waals surface area contributed by atoms with Gasteiger partial charge in [-0.15, -0.1) is 0 Å². The van der Waals surface area contributed by atoms with E-state index in [1.54, 1.807) is 0 Å². The summed E-state index contributed by atoms with van der Waals surface area (Å²) in [6, 6.07) is 0. The van der Waals surface area contributed by atoms with Gasteiger partial charge in [0.15, 0.2) is 0 Å². The van der Waals surface area contributed by atoms with E-state index >= 15 is 0 Å². The van der Waals surface area contributed by atoms with Crippen molar-refractivity contribution in [2.24, 2.45) is 5.92 Å². The second kappa shape index (κ2) is 7.63. The molecule has 94 valence electrons. The van der Waals surface area contributed by atoms with Crippen molar-refractivity contribution >= 4 is 5.91 Å². The molecule has 0 aromatic rings. The van der Waals surface area contributed by atoms with Gasteiger partial charge in [0, 0.05) is 13.0 Å². The highest BCUT2D eigenvalue weighted by atomic mass is 16.1. The van der Waals surface area contributed by atoms with Crippen molar-refractivity contribution in [2.45, 2.75) is 26.7 Å². The van der Waals surface area contributed by atoms with Crippen LogP contribution < -0.4 is 10.6 Å². The van der Waals surface area contributed by atoms with Crippen LogP contribution in [0.5, 0.6) is 0 Å². The van der Waals surface area contributed by atoms with Gasteiger partial charge in [0.1, 0.15) is 0 Å². The SMILES string of the molecule is CCN(CC)CCCNC(=O)CC1CNC1. The van der Waals surface area contributed by atoms with Gasteiger partial charge in [0.05, 0.1) is 0 Å². The minimum absolute atomic E-state index is 0.214. The molecule has 16 heavy (non-hydrogen) atoms. The van der Waals surface area contributed by atoms with Crippen molar-refractivity contribution in [3.05, 3.63) is 0 Å². The first kappa shape index (κ1) is 13.5. The molecule has 4 nitrogen and oxygen atoms in total. The Balaban J connectivity index is 1.95. The summed E-state index contributed by atoms with van der Waals surface area (Å²) < 4.78 is 0. The highest BCUT2D eigenvalue weighted by Crippen LogP contribution is 2.07. The van der Waals surface area contributed by atoms with E-state index in [1.807, 2.05) is 0 Å². The Morgan fingerprint density at radius 2 is 2.06 bits per heavy atom. The van der Waals surface area contributed by atoms with Crippen LogP contribution in [0.2, 0.25) is 0 Å². The van der Waals surface area contributed by atoms with Crippen molar-refractivity contribution < 1.29 is 4.79 Å². The van der Waals surface area contributed by atoms with E-state index < -0.39 is 0 Å². The monoisotopic (exact) mass is 227 g/mol. The fourth-order valence-corrected chi connectivity index (χ4v) is 1.90. The molecule has 1 saturated heterocycles. The third-order valence-corrected chi connectivity index (χ3v) is 3.21. The maximum Gasteiger partial charge on any atom is 0.220 e. The van der Waals surface area contributed by atoms with Gasteiger partial charge in [-0.25, -0.2) is 0 Å². The van der Waals surface area contributed by atoms with Gasteiger partial charge in [-0.3, -0.25) is 4.79 Å². The zero-order valence-electron chi connectivity index (χ0n) is 10.6. The predicted molar refractivity (Wildman–Crippen MR) is 66.4 cm³/mol. The number of rotatable bonds is 8. The number of carbonyl (C=O) groups is 1.